The monoisotopic (exact) mass is 236 g/mol. The third kappa shape index (κ3) is 2.85. The standard InChI is InChI=1S/C14H17ClO/c15-13-9-5-4-8-12(13)10-14(16)11-6-2-1-3-7-11/h4-5,8-9,11H,1-3,6-7,10H2. The number of hydrogen-bond donors (Lipinski definition) is 0. The maximum absolute atomic E-state index is 12.1. The Morgan fingerprint density at radius 3 is 2.56 bits per heavy atom. The zero-order valence-corrected chi connectivity index (χ0v) is 10.2. The number of rotatable bonds is 3. The van der Waals surface area contributed by atoms with Gasteiger partial charge < -0.3 is 0 Å². The normalized spacial score (nSPS) is 17.3. The minimum atomic E-state index is 0.282. The van der Waals surface area contributed by atoms with E-state index in [1.54, 1.807) is 0 Å². The van der Waals surface area contributed by atoms with Gasteiger partial charge in [-0.1, -0.05) is 49.1 Å². The average molecular weight is 237 g/mol. The van der Waals surface area contributed by atoms with E-state index in [9.17, 15) is 4.79 Å². The Labute approximate surface area is 102 Å². The van der Waals surface area contributed by atoms with Crippen molar-refractivity contribution in [3.8, 4) is 0 Å². The molecule has 1 nitrogen and oxygen atoms in total. The number of carbonyl (C=O) groups excluding carboxylic acids is 1. The van der Waals surface area contributed by atoms with Gasteiger partial charge in [0.1, 0.15) is 5.78 Å². The molecule has 0 heterocycles. The van der Waals surface area contributed by atoms with Crippen LogP contribution in [0.25, 0.3) is 0 Å². The SMILES string of the molecule is O=C(Cc1ccccc1Cl)C1CCCCC1. The van der Waals surface area contributed by atoms with Gasteiger partial charge in [0.05, 0.1) is 0 Å². The van der Waals surface area contributed by atoms with Crippen LogP contribution in [0.1, 0.15) is 37.7 Å². The Kier molecular flexibility index (Phi) is 4.00. The molecule has 2 rings (SSSR count). The number of carbonyl (C=O) groups is 1. The van der Waals surface area contributed by atoms with Crippen molar-refractivity contribution in [3.05, 3.63) is 34.9 Å². The maximum Gasteiger partial charge on any atom is 0.140 e. The molecule has 0 atom stereocenters. The molecule has 0 aliphatic heterocycles. The largest absolute Gasteiger partial charge is 0.299 e. The van der Waals surface area contributed by atoms with Gasteiger partial charge in [0.25, 0.3) is 0 Å². The summed E-state index contributed by atoms with van der Waals surface area (Å²) in [4.78, 5) is 12.1. The van der Waals surface area contributed by atoms with Gasteiger partial charge in [0, 0.05) is 17.4 Å². The Morgan fingerprint density at radius 2 is 1.88 bits per heavy atom. The van der Waals surface area contributed by atoms with Gasteiger partial charge in [-0.15, -0.1) is 0 Å². The number of Topliss-reactive ketones (excluding diaryl/α,β-unsaturated/α-hetero) is 1. The van der Waals surface area contributed by atoms with Crippen LogP contribution in [0.4, 0.5) is 0 Å². The second-order valence-electron chi connectivity index (χ2n) is 4.57. The summed E-state index contributed by atoms with van der Waals surface area (Å²) in [6.07, 6.45) is 6.35. The molecule has 0 spiro atoms. The third-order valence-corrected chi connectivity index (χ3v) is 3.75. The summed E-state index contributed by atoms with van der Waals surface area (Å²) in [5.74, 6) is 0.651. The minimum absolute atomic E-state index is 0.282. The molecule has 0 unspecified atom stereocenters. The molecule has 1 fully saturated rings. The lowest BCUT2D eigenvalue weighted by molar-refractivity contribution is -0.123. The van der Waals surface area contributed by atoms with Crippen LogP contribution in [-0.4, -0.2) is 5.78 Å². The summed E-state index contributed by atoms with van der Waals surface area (Å²) in [5, 5.41) is 0.714. The fourth-order valence-electron chi connectivity index (χ4n) is 2.40. The first kappa shape index (κ1) is 11.7. The van der Waals surface area contributed by atoms with Crippen LogP contribution < -0.4 is 0 Å². The molecule has 1 aromatic rings. The van der Waals surface area contributed by atoms with Gasteiger partial charge in [-0.3, -0.25) is 4.79 Å². The first-order chi connectivity index (χ1) is 7.77. The maximum atomic E-state index is 12.1. The highest BCUT2D eigenvalue weighted by Gasteiger charge is 2.21. The first-order valence-electron chi connectivity index (χ1n) is 6.03. The molecule has 0 N–H and O–H groups in total. The van der Waals surface area contributed by atoms with E-state index in [0.29, 0.717) is 17.2 Å². The molecule has 0 aromatic heterocycles. The predicted molar refractivity (Wildman–Crippen MR) is 66.7 cm³/mol. The number of hydrogen-bond acceptors (Lipinski definition) is 1. The zero-order chi connectivity index (χ0) is 11.4. The second-order valence-corrected chi connectivity index (χ2v) is 4.98. The van der Waals surface area contributed by atoms with E-state index in [1.807, 2.05) is 24.3 Å². The Balaban J connectivity index is 1.99. The smallest absolute Gasteiger partial charge is 0.140 e. The van der Waals surface area contributed by atoms with Crippen LogP contribution in [0.2, 0.25) is 5.02 Å². The van der Waals surface area contributed by atoms with Crippen molar-refractivity contribution in [2.45, 2.75) is 38.5 Å². The topological polar surface area (TPSA) is 17.1 Å². The van der Waals surface area contributed by atoms with Crippen molar-refractivity contribution < 1.29 is 4.79 Å². The van der Waals surface area contributed by atoms with Gasteiger partial charge >= 0.3 is 0 Å². The minimum Gasteiger partial charge on any atom is -0.299 e. The molecular weight excluding hydrogens is 220 g/mol. The van der Waals surface area contributed by atoms with Crippen LogP contribution in [0, 0.1) is 5.92 Å². The molecule has 1 aliphatic carbocycles. The van der Waals surface area contributed by atoms with Crippen molar-refractivity contribution in [2.24, 2.45) is 5.92 Å². The molecule has 0 radical (unpaired) electrons. The highest BCUT2D eigenvalue weighted by atomic mass is 35.5. The van der Waals surface area contributed by atoms with Gasteiger partial charge in [0.2, 0.25) is 0 Å². The molecule has 1 aromatic carbocycles. The number of halogens is 1. The zero-order valence-electron chi connectivity index (χ0n) is 9.42. The Bertz CT molecular complexity index is 367. The van der Waals surface area contributed by atoms with E-state index in [0.717, 1.165) is 18.4 Å². The number of ketones is 1. The second kappa shape index (κ2) is 5.49. The van der Waals surface area contributed by atoms with Crippen LogP contribution in [0.3, 0.4) is 0 Å². The fraction of sp³-hybridized carbons (Fsp3) is 0.500. The third-order valence-electron chi connectivity index (χ3n) is 3.38. The van der Waals surface area contributed by atoms with E-state index in [1.165, 1.54) is 19.3 Å². The molecule has 0 bridgehead atoms. The van der Waals surface area contributed by atoms with Crippen molar-refractivity contribution in [3.63, 3.8) is 0 Å². The highest BCUT2D eigenvalue weighted by Crippen LogP contribution is 2.26. The molecule has 86 valence electrons. The van der Waals surface area contributed by atoms with E-state index < -0.39 is 0 Å². The summed E-state index contributed by atoms with van der Waals surface area (Å²) in [7, 11) is 0. The van der Waals surface area contributed by atoms with Crippen LogP contribution in [0.15, 0.2) is 24.3 Å². The van der Waals surface area contributed by atoms with Gasteiger partial charge in [-0.05, 0) is 24.5 Å². The molecule has 0 saturated heterocycles. The molecule has 0 amide bonds. The van der Waals surface area contributed by atoms with Crippen molar-refractivity contribution >= 4 is 17.4 Å². The Morgan fingerprint density at radius 1 is 1.19 bits per heavy atom. The van der Waals surface area contributed by atoms with Crippen molar-refractivity contribution in [2.75, 3.05) is 0 Å². The summed E-state index contributed by atoms with van der Waals surface area (Å²) in [6.45, 7) is 0. The van der Waals surface area contributed by atoms with E-state index in [2.05, 4.69) is 0 Å². The molecule has 1 aliphatic rings. The van der Waals surface area contributed by atoms with Crippen molar-refractivity contribution in [1.82, 2.24) is 0 Å². The summed E-state index contributed by atoms with van der Waals surface area (Å²) >= 11 is 6.06. The van der Waals surface area contributed by atoms with Crippen molar-refractivity contribution in [1.29, 1.82) is 0 Å². The summed E-state index contributed by atoms with van der Waals surface area (Å²) < 4.78 is 0. The summed E-state index contributed by atoms with van der Waals surface area (Å²) in [6, 6.07) is 7.64. The first-order valence-corrected chi connectivity index (χ1v) is 6.41. The van der Waals surface area contributed by atoms with E-state index in [-0.39, 0.29) is 5.92 Å². The molecule has 1 saturated carbocycles. The lowest BCUT2D eigenvalue weighted by atomic mass is 9.84. The molecular formula is C14H17ClO. The summed E-state index contributed by atoms with van der Waals surface area (Å²) in [5.41, 5.74) is 0.972. The quantitative estimate of drug-likeness (QED) is 0.775. The van der Waals surface area contributed by atoms with Gasteiger partial charge in [0.15, 0.2) is 0 Å². The fourth-order valence-corrected chi connectivity index (χ4v) is 2.60. The van der Waals surface area contributed by atoms with Crippen LogP contribution in [0.5, 0.6) is 0 Å². The van der Waals surface area contributed by atoms with Crippen LogP contribution in [-0.2, 0) is 11.2 Å². The lowest BCUT2D eigenvalue weighted by Gasteiger charge is -2.20. The van der Waals surface area contributed by atoms with Gasteiger partial charge in [-0.2, -0.15) is 0 Å². The van der Waals surface area contributed by atoms with Crippen LogP contribution >= 0.6 is 11.6 Å². The predicted octanol–water partition coefficient (Wildman–Crippen LogP) is 4.03. The van der Waals surface area contributed by atoms with E-state index in [4.69, 9.17) is 11.6 Å². The number of benzene rings is 1. The Hall–Kier alpha value is -0.820. The van der Waals surface area contributed by atoms with E-state index >= 15 is 0 Å². The highest BCUT2D eigenvalue weighted by molar-refractivity contribution is 6.31. The average Bonchev–Trinajstić information content (AvgIpc) is 2.33. The van der Waals surface area contributed by atoms with Gasteiger partial charge in [-0.25, -0.2) is 0 Å². The molecule has 16 heavy (non-hydrogen) atoms. The molecule has 2 heteroatoms. The lowest BCUT2D eigenvalue weighted by Crippen LogP contribution is -2.19.